The van der Waals surface area contributed by atoms with Gasteiger partial charge in [0.2, 0.25) is 5.91 Å². The summed E-state index contributed by atoms with van der Waals surface area (Å²) in [5, 5.41) is 0. The van der Waals surface area contributed by atoms with E-state index in [0.717, 1.165) is 11.3 Å². The highest BCUT2D eigenvalue weighted by molar-refractivity contribution is 5.98. The maximum atomic E-state index is 12.5. The Kier molecular flexibility index (Phi) is 5.96. The van der Waals surface area contributed by atoms with Crippen LogP contribution in [0.5, 0.6) is 11.5 Å². The highest BCUT2D eigenvalue weighted by atomic mass is 16.5. The lowest BCUT2D eigenvalue weighted by molar-refractivity contribution is -0.121. The van der Waals surface area contributed by atoms with Crippen LogP contribution in [0, 0.1) is 0 Å². The molecule has 3 rings (SSSR count). The first kappa shape index (κ1) is 19.0. The molecule has 144 valence electrons. The van der Waals surface area contributed by atoms with Gasteiger partial charge in [-0.15, -0.1) is 0 Å². The van der Waals surface area contributed by atoms with Crippen LogP contribution in [0.1, 0.15) is 15.9 Å². The predicted molar refractivity (Wildman–Crippen MR) is 105 cm³/mol. The quantitative estimate of drug-likeness (QED) is 0.645. The molecule has 0 aliphatic heterocycles. The standard InChI is InChI=1S/C21H21N3O4/c1-27-18-10-9-15(13-19(18)28-2)14-20(25)22-23-21(26)16-7-3-4-8-17(16)24-11-5-6-12-24/h3-13H,14H2,1-2H3,(H,22,25)(H,23,26). The minimum Gasteiger partial charge on any atom is -0.493 e. The lowest BCUT2D eigenvalue weighted by Gasteiger charge is -2.12. The summed E-state index contributed by atoms with van der Waals surface area (Å²) in [6, 6.07) is 16.1. The molecule has 0 aliphatic rings. The van der Waals surface area contributed by atoms with Crippen molar-refractivity contribution in [2.45, 2.75) is 6.42 Å². The molecular formula is C21H21N3O4. The van der Waals surface area contributed by atoms with Crippen LogP contribution in [0.3, 0.4) is 0 Å². The van der Waals surface area contributed by atoms with E-state index in [1.54, 1.807) is 37.4 Å². The topological polar surface area (TPSA) is 81.6 Å². The van der Waals surface area contributed by atoms with E-state index in [9.17, 15) is 9.59 Å². The normalized spacial score (nSPS) is 10.2. The molecule has 0 unspecified atom stereocenters. The largest absolute Gasteiger partial charge is 0.493 e. The molecule has 0 fully saturated rings. The van der Waals surface area contributed by atoms with E-state index in [2.05, 4.69) is 10.9 Å². The van der Waals surface area contributed by atoms with Gasteiger partial charge in [0.15, 0.2) is 11.5 Å². The first-order chi connectivity index (χ1) is 13.6. The zero-order valence-corrected chi connectivity index (χ0v) is 15.6. The highest BCUT2D eigenvalue weighted by Gasteiger charge is 2.13. The summed E-state index contributed by atoms with van der Waals surface area (Å²) in [7, 11) is 3.08. The van der Waals surface area contributed by atoms with Gasteiger partial charge in [-0.3, -0.25) is 20.4 Å². The number of aromatic nitrogens is 1. The van der Waals surface area contributed by atoms with Crippen LogP contribution in [0.4, 0.5) is 0 Å². The first-order valence-corrected chi connectivity index (χ1v) is 8.65. The lowest BCUT2D eigenvalue weighted by atomic mass is 10.1. The number of para-hydroxylation sites is 1. The second-order valence-corrected chi connectivity index (χ2v) is 5.98. The molecule has 7 nitrogen and oxygen atoms in total. The highest BCUT2D eigenvalue weighted by Crippen LogP contribution is 2.27. The third-order valence-electron chi connectivity index (χ3n) is 4.16. The number of carbonyl (C=O) groups is 2. The molecule has 0 spiro atoms. The van der Waals surface area contributed by atoms with Crippen molar-refractivity contribution in [1.82, 2.24) is 15.4 Å². The second kappa shape index (κ2) is 8.77. The number of ether oxygens (including phenoxy) is 2. The fourth-order valence-corrected chi connectivity index (χ4v) is 2.80. The molecule has 0 aliphatic carbocycles. The number of carbonyl (C=O) groups excluding carboxylic acids is 2. The smallest absolute Gasteiger partial charge is 0.271 e. The number of hydrogen-bond donors (Lipinski definition) is 2. The zero-order chi connectivity index (χ0) is 19.9. The Morgan fingerprint density at radius 1 is 0.893 bits per heavy atom. The van der Waals surface area contributed by atoms with Crippen molar-refractivity contribution in [3.05, 3.63) is 78.1 Å². The summed E-state index contributed by atoms with van der Waals surface area (Å²) in [6.07, 6.45) is 3.78. The van der Waals surface area contributed by atoms with Crippen LogP contribution >= 0.6 is 0 Å². The molecule has 1 aromatic heterocycles. The molecule has 3 aromatic rings. The van der Waals surface area contributed by atoms with Crippen LogP contribution in [-0.2, 0) is 11.2 Å². The first-order valence-electron chi connectivity index (χ1n) is 8.65. The fraction of sp³-hybridized carbons (Fsp3) is 0.143. The second-order valence-electron chi connectivity index (χ2n) is 5.98. The van der Waals surface area contributed by atoms with Gasteiger partial charge < -0.3 is 14.0 Å². The Balaban J connectivity index is 1.63. The van der Waals surface area contributed by atoms with Crippen molar-refractivity contribution in [1.29, 1.82) is 0 Å². The summed E-state index contributed by atoms with van der Waals surface area (Å²) in [6.45, 7) is 0. The molecule has 2 aromatic carbocycles. The van der Waals surface area contributed by atoms with Crippen molar-refractivity contribution in [3.8, 4) is 17.2 Å². The van der Waals surface area contributed by atoms with Crippen molar-refractivity contribution in [2.24, 2.45) is 0 Å². The van der Waals surface area contributed by atoms with E-state index in [4.69, 9.17) is 9.47 Å². The van der Waals surface area contributed by atoms with Crippen LogP contribution < -0.4 is 20.3 Å². The van der Waals surface area contributed by atoms with Gasteiger partial charge in [0.05, 0.1) is 31.9 Å². The lowest BCUT2D eigenvalue weighted by Crippen LogP contribution is -2.42. The van der Waals surface area contributed by atoms with E-state index < -0.39 is 5.91 Å². The maximum absolute atomic E-state index is 12.5. The number of hydrazine groups is 1. The molecule has 0 saturated heterocycles. The molecule has 0 saturated carbocycles. The number of nitrogens with one attached hydrogen (secondary N) is 2. The Morgan fingerprint density at radius 2 is 1.61 bits per heavy atom. The van der Waals surface area contributed by atoms with Crippen molar-refractivity contribution >= 4 is 11.8 Å². The van der Waals surface area contributed by atoms with E-state index in [-0.39, 0.29) is 12.3 Å². The Morgan fingerprint density at radius 3 is 2.32 bits per heavy atom. The average molecular weight is 379 g/mol. The van der Waals surface area contributed by atoms with E-state index in [1.807, 2.05) is 41.2 Å². The Bertz CT molecular complexity index is 968. The van der Waals surface area contributed by atoms with Crippen molar-refractivity contribution in [3.63, 3.8) is 0 Å². The van der Waals surface area contributed by atoms with Gasteiger partial charge in [-0.2, -0.15) is 0 Å². The Hall–Kier alpha value is -3.74. The van der Waals surface area contributed by atoms with E-state index in [1.165, 1.54) is 7.11 Å². The summed E-state index contributed by atoms with van der Waals surface area (Å²) in [5.74, 6) is 0.378. The molecule has 2 amide bonds. The van der Waals surface area contributed by atoms with Crippen LogP contribution in [0.2, 0.25) is 0 Å². The number of nitrogens with zero attached hydrogens (tertiary/aromatic N) is 1. The minimum atomic E-state index is -0.398. The molecule has 28 heavy (non-hydrogen) atoms. The molecule has 7 heteroatoms. The van der Waals surface area contributed by atoms with E-state index >= 15 is 0 Å². The maximum Gasteiger partial charge on any atom is 0.271 e. The number of methoxy groups -OCH3 is 2. The monoisotopic (exact) mass is 379 g/mol. The van der Waals surface area contributed by atoms with Crippen molar-refractivity contribution in [2.75, 3.05) is 14.2 Å². The van der Waals surface area contributed by atoms with Gasteiger partial charge in [-0.1, -0.05) is 18.2 Å². The van der Waals surface area contributed by atoms with Gasteiger partial charge in [-0.05, 0) is 42.0 Å². The molecule has 2 N–H and O–H groups in total. The third kappa shape index (κ3) is 4.32. The van der Waals surface area contributed by atoms with Crippen molar-refractivity contribution < 1.29 is 19.1 Å². The zero-order valence-electron chi connectivity index (χ0n) is 15.6. The Labute approximate surface area is 162 Å². The van der Waals surface area contributed by atoms with Gasteiger partial charge in [-0.25, -0.2) is 0 Å². The van der Waals surface area contributed by atoms with Gasteiger partial charge in [0, 0.05) is 12.4 Å². The molecular weight excluding hydrogens is 358 g/mol. The number of benzene rings is 2. The van der Waals surface area contributed by atoms with Crippen LogP contribution in [-0.4, -0.2) is 30.6 Å². The number of hydrogen-bond acceptors (Lipinski definition) is 4. The number of rotatable bonds is 6. The van der Waals surface area contributed by atoms with Gasteiger partial charge in [0.1, 0.15) is 0 Å². The van der Waals surface area contributed by atoms with Crippen LogP contribution in [0.25, 0.3) is 5.69 Å². The van der Waals surface area contributed by atoms with Gasteiger partial charge >= 0.3 is 0 Å². The average Bonchev–Trinajstić information content (AvgIpc) is 3.26. The molecule has 0 radical (unpaired) electrons. The third-order valence-corrected chi connectivity index (χ3v) is 4.16. The molecule has 1 heterocycles. The number of amides is 2. The summed E-state index contributed by atoms with van der Waals surface area (Å²) < 4.78 is 12.2. The SMILES string of the molecule is COc1ccc(CC(=O)NNC(=O)c2ccccc2-n2cccc2)cc1OC. The molecule has 0 atom stereocenters. The molecule has 0 bridgehead atoms. The summed E-state index contributed by atoms with van der Waals surface area (Å²) in [4.78, 5) is 24.7. The minimum absolute atomic E-state index is 0.0832. The van der Waals surface area contributed by atoms with E-state index in [0.29, 0.717) is 17.1 Å². The summed E-state index contributed by atoms with van der Waals surface area (Å²) in [5.41, 5.74) is 6.82. The summed E-state index contributed by atoms with van der Waals surface area (Å²) >= 11 is 0. The van der Waals surface area contributed by atoms with Gasteiger partial charge in [0.25, 0.3) is 5.91 Å². The fourth-order valence-electron chi connectivity index (χ4n) is 2.80. The van der Waals surface area contributed by atoms with Crippen LogP contribution in [0.15, 0.2) is 67.0 Å². The predicted octanol–water partition coefficient (Wildman–Crippen LogP) is 2.50.